The van der Waals surface area contributed by atoms with Gasteiger partial charge in [-0.1, -0.05) is 174 Å². The summed E-state index contributed by atoms with van der Waals surface area (Å²) in [7, 11) is -5.60. The van der Waals surface area contributed by atoms with Gasteiger partial charge in [0.2, 0.25) is 0 Å². The van der Waals surface area contributed by atoms with Gasteiger partial charge in [0.1, 0.15) is 0 Å². The second-order valence-corrected chi connectivity index (χ2v) is 13.1. The Bertz CT molecular complexity index is 1820. The van der Waals surface area contributed by atoms with Gasteiger partial charge in [-0.25, -0.2) is 0 Å². The van der Waals surface area contributed by atoms with Crippen molar-refractivity contribution in [1.29, 1.82) is 5.26 Å². The summed E-state index contributed by atoms with van der Waals surface area (Å²) in [6.45, 7) is 12.0. The Kier molecular flexibility index (Phi) is 23.6. The molecule has 1 aliphatic rings. The highest BCUT2D eigenvalue weighted by molar-refractivity contribution is 7.86. The average molecular weight is 733 g/mol. The van der Waals surface area contributed by atoms with Gasteiger partial charge in [-0.05, 0) is 32.7 Å². The summed E-state index contributed by atoms with van der Waals surface area (Å²) < 4.78 is 49.4. The lowest BCUT2D eigenvalue weighted by Crippen LogP contribution is -2.17. The first-order valence-electron chi connectivity index (χ1n) is 16.7. The Labute approximate surface area is 306 Å². The second-order valence-electron chi connectivity index (χ2n) is 9.81. The average Bonchev–Trinajstić information content (AvgIpc) is 3.15. The molecular formula is C41H52N2O6S2. The van der Waals surface area contributed by atoms with Gasteiger partial charge >= 0.3 is 10.1 Å². The molecule has 1 saturated carbocycles. The summed E-state index contributed by atoms with van der Waals surface area (Å²) in [5, 5.41) is 18.0. The van der Waals surface area contributed by atoms with Crippen LogP contribution in [0.1, 0.15) is 59.9 Å². The SMILES string of the molecule is CC.CC.CC.COS(C)(=O)=O.CS(=O)(=O)ON=C1CC(=C(C#N)c2ccccc2)C1.c1ccc2ccccc2c1.c1ccc2ccccc2c1. The predicted molar refractivity (Wildman–Crippen MR) is 215 cm³/mol. The van der Waals surface area contributed by atoms with Gasteiger partial charge in [-0.3, -0.25) is 8.47 Å². The Morgan fingerprint density at radius 1 is 0.569 bits per heavy atom. The van der Waals surface area contributed by atoms with Crippen LogP contribution in [0.4, 0.5) is 0 Å². The maximum atomic E-state index is 10.8. The third-order valence-electron chi connectivity index (χ3n) is 6.28. The molecular weight excluding hydrogens is 681 g/mol. The topological polar surface area (TPSA) is 123 Å². The number of oxime groups is 1. The van der Waals surface area contributed by atoms with E-state index in [1.165, 1.54) is 21.5 Å². The van der Waals surface area contributed by atoms with E-state index in [0.29, 0.717) is 24.1 Å². The third-order valence-corrected chi connectivity index (χ3v) is 7.24. The van der Waals surface area contributed by atoms with Crippen molar-refractivity contribution in [3.63, 3.8) is 0 Å². The summed E-state index contributed by atoms with van der Waals surface area (Å²) in [6, 6.07) is 45.0. The number of nitrogens with zero attached hydrogens (tertiary/aromatic N) is 2. The Hall–Kier alpha value is -4.82. The molecule has 5 aromatic rings. The fourth-order valence-corrected chi connectivity index (χ4v) is 4.26. The van der Waals surface area contributed by atoms with Crippen molar-refractivity contribution in [2.75, 3.05) is 19.6 Å². The maximum absolute atomic E-state index is 10.8. The molecule has 0 N–H and O–H groups in total. The van der Waals surface area contributed by atoms with Crippen molar-refractivity contribution in [1.82, 2.24) is 0 Å². The first-order chi connectivity index (χ1) is 24.5. The molecule has 8 nitrogen and oxygen atoms in total. The van der Waals surface area contributed by atoms with E-state index in [0.717, 1.165) is 30.8 Å². The van der Waals surface area contributed by atoms with Gasteiger partial charge in [-0.2, -0.15) is 22.1 Å². The highest BCUT2D eigenvalue weighted by Gasteiger charge is 2.23. The molecule has 0 atom stereocenters. The van der Waals surface area contributed by atoms with E-state index in [-0.39, 0.29) is 0 Å². The van der Waals surface area contributed by atoms with E-state index in [9.17, 15) is 22.1 Å². The number of hydrogen-bond acceptors (Lipinski definition) is 8. The molecule has 5 aromatic carbocycles. The number of allylic oxidation sites excluding steroid dienone is 2. The first-order valence-corrected chi connectivity index (χ1v) is 20.4. The minimum atomic E-state index is -3.56. The highest BCUT2D eigenvalue weighted by Crippen LogP contribution is 2.31. The summed E-state index contributed by atoms with van der Waals surface area (Å²) in [6.07, 6.45) is 2.89. The normalized spacial score (nSPS) is 11.0. The molecule has 1 aliphatic carbocycles. The maximum Gasteiger partial charge on any atom is 0.325 e. The monoisotopic (exact) mass is 732 g/mol. The molecule has 6 rings (SSSR count). The molecule has 0 radical (unpaired) electrons. The summed E-state index contributed by atoms with van der Waals surface area (Å²) >= 11 is 0. The quantitative estimate of drug-likeness (QED) is 0.102. The first kappa shape index (κ1) is 46.2. The molecule has 10 heteroatoms. The van der Waals surface area contributed by atoms with Gasteiger partial charge in [-0.15, -0.1) is 0 Å². The van der Waals surface area contributed by atoms with Crippen LogP contribution in [-0.4, -0.2) is 42.2 Å². The van der Waals surface area contributed by atoms with E-state index < -0.39 is 20.2 Å². The molecule has 0 amide bonds. The summed E-state index contributed by atoms with van der Waals surface area (Å²) in [5.41, 5.74) is 3.07. The van der Waals surface area contributed by atoms with Crippen LogP contribution >= 0.6 is 0 Å². The van der Waals surface area contributed by atoms with Crippen LogP contribution < -0.4 is 0 Å². The number of rotatable bonds is 4. The van der Waals surface area contributed by atoms with Crippen LogP contribution in [0.2, 0.25) is 0 Å². The Balaban J connectivity index is 0.000000667. The van der Waals surface area contributed by atoms with Crippen LogP contribution in [0.25, 0.3) is 27.1 Å². The second kappa shape index (κ2) is 26.1. The highest BCUT2D eigenvalue weighted by atomic mass is 32.2. The third kappa shape index (κ3) is 19.2. The van der Waals surface area contributed by atoms with E-state index in [4.69, 9.17) is 0 Å². The van der Waals surface area contributed by atoms with Crippen molar-refractivity contribution in [2.45, 2.75) is 54.4 Å². The lowest BCUT2D eigenvalue weighted by molar-refractivity contribution is 0.340. The van der Waals surface area contributed by atoms with Crippen LogP contribution in [0, 0.1) is 11.3 Å². The van der Waals surface area contributed by atoms with E-state index in [1.54, 1.807) is 0 Å². The number of nitriles is 1. The number of fused-ring (bicyclic) bond motifs is 2. The van der Waals surface area contributed by atoms with Crippen LogP contribution in [-0.2, 0) is 28.7 Å². The molecule has 0 unspecified atom stereocenters. The van der Waals surface area contributed by atoms with Crippen molar-refractivity contribution >= 4 is 53.1 Å². The van der Waals surface area contributed by atoms with Gasteiger partial charge in [0.25, 0.3) is 10.1 Å². The van der Waals surface area contributed by atoms with Gasteiger partial charge in [0.15, 0.2) is 0 Å². The Morgan fingerprint density at radius 3 is 1.12 bits per heavy atom. The van der Waals surface area contributed by atoms with Gasteiger partial charge < -0.3 is 0 Å². The van der Waals surface area contributed by atoms with Crippen molar-refractivity contribution in [2.24, 2.45) is 5.16 Å². The molecule has 274 valence electrons. The largest absolute Gasteiger partial charge is 0.325 e. The van der Waals surface area contributed by atoms with Gasteiger partial charge in [0, 0.05) is 12.8 Å². The molecule has 1 fully saturated rings. The zero-order chi connectivity index (χ0) is 38.7. The molecule has 51 heavy (non-hydrogen) atoms. The summed E-state index contributed by atoms with van der Waals surface area (Å²) in [4.78, 5) is 0. The van der Waals surface area contributed by atoms with Crippen molar-refractivity contribution < 1.29 is 25.3 Å². The molecule has 0 heterocycles. The van der Waals surface area contributed by atoms with Crippen molar-refractivity contribution in [3.8, 4) is 6.07 Å². The lowest BCUT2D eigenvalue weighted by Gasteiger charge is -2.20. The van der Waals surface area contributed by atoms with Crippen LogP contribution in [0.3, 0.4) is 0 Å². The minimum Gasteiger partial charge on any atom is -0.274 e. The molecule has 0 spiro atoms. The Morgan fingerprint density at radius 2 is 0.863 bits per heavy atom. The fraction of sp³-hybridized carbons (Fsp3) is 0.268. The molecule has 0 aliphatic heterocycles. The zero-order valence-corrected chi connectivity index (χ0v) is 32.8. The molecule has 0 aromatic heterocycles. The number of benzene rings is 5. The predicted octanol–water partition coefficient (Wildman–Crippen LogP) is 10.4. The van der Waals surface area contributed by atoms with E-state index in [1.807, 2.05) is 71.9 Å². The summed E-state index contributed by atoms with van der Waals surface area (Å²) in [5.74, 6) is 0. The van der Waals surface area contributed by atoms with Crippen LogP contribution in [0.5, 0.6) is 0 Å². The molecule has 0 saturated heterocycles. The van der Waals surface area contributed by atoms with Crippen molar-refractivity contribution in [3.05, 3.63) is 139 Å². The fourth-order valence-electron chi connectivity index (χ4n) is 4.02. The van der Waals surface area contributed by atoms with Crippen LogP contribution in [0.15, 0.2) is 138 Å². The number of hydrogen-bond donors (Lipinski definition) is 0. The smallest absolute Gasteiger partial charge is 0.274 e. The van der Waals surface area contributed by atoms with Gasteiger partial charge in [0.05, 0.1) is 37.0 Å². The zero-order valence-electron chi connectivity index (χ0n) is 31.2. The molecule has 0 bridgehead atoms. The minimum absolute atomic E-state index is 0.479. The van der Waals surface area contributed by atoms with E-state index in [2.05, 4.69) is 117 Å². The van der Waals surface area contributed by atoms with E-state index >= 15 is 0 Å². The lowest BCUT2D eigenvalue weighted by atomic mass is 9.84. The standard InChI is InChI=1S/C13H12N2O3S.2C10H8.C2H6O3S.3C2H6/c1-19(16,17)18-15-12-7-11(8-12)13(9-14)10-5-3-2-4-6-10;2*1-2-6-10-8-4-3-7-9(10)5-1;1-5-6(2,3)4;3*1-2/h2-6H,7-8H2,1H3;2*1-8H;1-2H3;3*1-2H3.